The van der Waals surface area contributed by atoms with Crippen molar-refractivity contribution in [1.82, 2.24) is 19.4 Å². The lowest BCUT2D eigenvalue weighted by Crippen LogP contribution is -2.30. The molecule has 0 fully saturated rings. The van der Waals surface area contributed by atoms with Crippen LogP contribution in [0.3, 0.4) is 0 Å². The molecule has 0 spiro atoms. The minimum Gasteiger partial charge on any atom is -0.506 e. The number of benzene rings is 1. The van der Waals surface area contributed by atoms with E-state index < -0.39 is 15.9 Å². The maximum Gasteiger partial charge on any atom is 0.243 e. The second kappa shape index (κ2) is 9.67. The number of anilines is 1. The van der Waals surface area contributed by atoms with Crippen molar-refractivity contribution in [2.75, 3.05) is 18.4 Å². The lowest BCUT2D eigenvalue weighted by atomic mass is 10.2. The number of nitrogens with zero attached hydrogens (tertiary/aromatic N) is 4. The molecule has 2 aromatic heterocycles. The van der Waals surface area contributed by atoms with Gasteiger partial charge in [0.05, 0.1) is 10.6 Å². The van der Waals surface area contributed by atoms with Gasteiger partial charge in [0, 0.05) is 43.9 Å². The summed E-state index contributed by atoms with van der Waals surface area (Å²) in [6, 6.07) is 7.32. The first kappa shape index (κ1) is 22.4. The Morgan fingerprint density at radius 3 is 2.68 bits per heavy atom. The highest BCUT2D eigenvalue weighted by molar-refractivity contribution is 7.89. The SMILES string of the molecule is CCN(CC)S(=O)(=O)c1ccc(O)c(NC(=O)CCc2nc(-c3cccnc3)no2)c1. The van der Waals surface area contributed by atoms with Gasteiger partial charge in [-0.25, -0.2) is 8.42 Å². The number of phenols is 1. The number of pyridine rings is 1. The minimum absolute atomic E-state index is 0.00113. The van der Waals surface area contributed by atoms with Crippen molar-refractivity contribution in [3.05, 3.63) is 48.6 Å². The van der Waals surface area contributed by atoms with Crippen molar-refractivity contribution in [3.63, 3.8) is 0 Å². The van der Waals surface area contributed by atoms with Crippen molar-refractivity contribution in [3.8, 4) is 17.1 Å². The average molecular weight is 446 g/mol. The molecule has 1 aromatic carbocycles. The Kier molecular flexibility index (Phi) is 6.98. The zero-order valence-electron chi connectivity index (χ0n) is 17.1. The Balaban J connectivity index is 1.66. The van der Waals surface area contributed by atoms with E-state index in [4.69, 9.17) is 4.52 Å². The molecular formula is C20H23N5O5S. The maximum absolute atomic E-state index is 12.7. The van der Waals surface area contributed by atoms with Crippen LogP contribution < -0.4 is 5.32 Å². The Morgan fingerprint density at radius 2 is 2.00 bits per heavy atom. The maximum atomic E-state index is 12.7. The largest absolute Gasteiger partial charge is 0.506 e. The van der Waals surface area contributed by atoms with Crippen LogP contribution >= 0.6 is 0 Å². The highest BCUT2D eigenvalue weighted by atomic mass is 32.2. The molecule has 0 aliphatic rings. The monoisotopic (exact) mass is 445 g/mol. The van der Waals surface area contributed by atoms with Crippen LogP contribution in [-0.2, 0) is 21.2 Å². The molecule has 31 heavy (non-hydrogen) atoms. The Hall–Kier alpha value is -3.31. The molecule has 0 unspecified atom stereocenters. The number of phenolic OH excluding ortho intramolecular Hbond substituents is 1. The zero-order valence-corrected chi connectivity index (χ0v) is 18.0. The van der Waals surface area contributed by atoms with Gasteiger partial charge < -0.3 is 14.9 Å². The summed E-state index contributed by atoms with van der Waals surface area (Å²) in [6.45, 7) is 4.10. The summed E-state index contributed by atoms with van der Waals surface area (Å²) < 4.78 is 31.8. The van der Waals surface area contributed by atoms with E-state index in [2.05, 4.69) is 20.4 Å². The van der Waals surface area contributed by atoms with E-state index in [1.54, 1.807) is 38.4 Å². The van der Waals surface area contributed by atoms with Crippen LogP contribution in [0.1, 0.15) is 26.2 Å². The van der Waals surface area contributed by atoms with E-state index >= 15 is 0 Å². The molecule has 10 nitrogen and oxygen atoms in total. The summed E-state index contributed by atoms with van der Waals surface area (Å²) in [5, 5.41) is 16.4. The smallest absolute Gasteiger partial charge is 0.243 e. The molecule has 0 atom stereocenters. The molecule has 3 rings (SSSR count). The molecule has 164 valence electrons. The van der Waals surface area contributed by atoms with Gasteiger partial charge in [-0.2, -0.15) is 9.29 Å². The molecule has 3 aromatic rings. The number of amides is 1. The van der Waals surface area contributed by atoms with Gasteiger partial charge in [0.2, 0.25) is 27.6 Å². The van der Waals surface area contributed by atoms with Crippen LogP contribution in [0, 0.1) is 0 Å². The van der Waals surface area contributed by atoms with Crippen molar-refractivity contribution < 1.29 is 22.8 Å². The highest BCUT2D eigenvalue weighted by Crippen LogP contribution is 2.28. The van der Waals surface area contributed by atoms with Gasteiger partial charge in [-0.05, 0) is 30.3 Å². The fraction of sp³-hybridized carbons (Fsp3) is 0.300. The van der Waals surface area contributed by atoms with Gasteiger partial charge in [-0.3, -0.25) is 9.78 Å². The van der Waals surface area contributed by atoms with Crippen molar-refractivity contribution >= 4 is 21.6 Å². The number of aromatic hydroxyl groups is 1. The van der Waals surface area contributed by atoms with Crippen LogP contribution in [0.5, 0.6) is 5.75 Å². The van der Waals surface area contributed by atoms with Crippen molar-refractivity contribution in [2.24, 2.45) is 0 Å². The number of hydrogen-bond donors (Lipinski definition) is 2. The van der Waals surface area contributed by atoms with Gasteiger partial charge in [-0.1, -0.05) is 19.0 Å². The van der Waals surface area contributed by atoms with Crippen LogP contribution in [0.25, 0.3) is 11.4 Å². The summed E-state index contributed by atoms with van der Waals surface area (Å²) >= 11 is 0. The first-order valence-corrected chi connectivity index (χ1v) is 11.1. The third-order valence-electron chi connectivity index (χ3n) is 4.54. The second-order valence-electron chi connectivity index (χ2n) is 6.57. The molecule has 11 heteroatoms. The van der Waals surface area contributed by atoms with Crippen LogP contribution in [-0.4, -0.2) is 52.0 Å². The summed E-state index contributed by atoms with van der Waals surface area (Å²) in [5.74, 6) is -0.0242. The fourth-order valence-electron chi connectivity index (χ4n) is 2.89. The first-order valence-electron chi connectivity index (χ1n) is 9.71. The number of carbonyl (C=O) groups excluding carboxylic acids is 1. The van der Waals surface area contributed by atoms with Gasteiger partial charge in [0.15, 0.2) is 0 Å². The van der Waals surface area contributed by atoms with E-state index in [1.807, 2.05) is 0 Å². The van der Waals surface area contributed by atoms with Crippen LogP contribution in [0.4, 0.5) is 5.69 Å². The predicted molar refractivity (Wildman–Crippen MR) is 113 cm³/mol. The average Bonchev–Trinajstić information content (AvgIpc) is 3.24. The highest BCUT2D eigenvalue weighted by Gasteiger charge is 2.23. The lowest BCUT2D eigenvalue weighted by Gasteiger charge is -2.19. The van der Waals surface area contributed by atoms with Crippen LogP contribution in [0.2, 0.25) is 0 Å². The standard InChI is InChI=1S/C20H23N5O5S/c1-3-25(4-2)31(28,29)15-7-8-17(26)16(12-15)22-18(27)9-10-19-23-20(24-30-19)14-6-5-11-21-13-14/h5-8,11-13,26H,3-4,9-10H2,1-2H3,(H,22,27). The van der Waals surface area contributed by atoms with E-state index in [0.717, 1.165) is 0 Å². The number of sulfonamides is 1. The Bertz CT molecular complexity index is 1140. The predicted octanol–water partition coefficient (Wildman–Crippen LogP) is 2.44. The number of nitrogens with one attached hydrogen (secondary N) is 1. The Morgan fingerprint density at radius 1 is 1.23 bits per heavy atom. The number of hydrogen-bond acceptors (Lipinski definition) is 8. The van der Waals surface area contributed by atoms with E-state index in [9.17, 15) is 18.3 Å². The lowest BCUT2D eigenvalue weighted by molar-refractivity contribution is -0.116. The summed E-state index contributed by atoms with van der Waals surface area (Å²) in [5.41, 5.74) is 0.706. The van der Waals surface area contributed by atoms with Gasteiger partial charge in [0.1, 0.15) is 5.75 Å². The third-order valence-corrected chi connectivity index (χ3v) is 6.58. The third kappa shape index (κ3) is 5.25. The molecule has 0 aliphatic heterocycles. The second-order valence-corrected chi connectivity index (χ2v) is 8.51. The van der Waals surface area contributed by atoms with Crippen LogP contribution in [0.15, 0.2) is 52.1 Å². The molecular weight excluding hydrogens is 422 g/mol. The first-order chi connectivity index (χ1) is 14.8. The van der Waals surface area contributed by atoms with Crippen molar-refractivity contribution in [2.45, 2.75) is 31.6 Å². The molecule has 2 N–H and O–H groups in total. The summed E-state index contributed by atoms with van der Waals surface area (Å²) in [4.78, 5) is 20.5. The molecule has 0 aliphatic carbocycles. The Labute approximate surface area is 180 Å². The topological polar surface area (TPSA) is 139 Å². The molecule has 0 saturated heterocycles. The molecule has 0 bridgehead atoms. The normalized spacial score (nSPS) is 11.6. The fourth-order valence-corrected chi connectivity index (χ4v) is 4.37. The molecule has 2 heterocycles. The number of carbonyl (C=O) groups is 1. The quantitative estimate of drug-likeness (QED) is 0.479. The molecule has 1 amide bonds. The summed E-state index contributed by atoms with van der Waals surface area (Å²) in [7, 11) is -3.72. The number of aryl methyl sites for hydroxylation is 1. The van der Waals surface area contributed by atoms with Gasteiger partial charge in [0.25, 0.3) is 0 Å². The number of rotatable bonds is 9. The van der Waals surface area contributed by atoms with Crippen molar-refractivity contribution in [1.29, 1.82) is 0 Å². The molecule has 0 radical (unpaired) electrons. The van der Waals surface area contributed by atoms with E-state index in [-0.39, 0.29) is 35.1 Å². The zero-order chi connectivity index (χ0) is 22.4. The minimum atomic E-state index is -3.72. The summed E-state index contributed by atoms with van der Waals surface area (Å²) in [6.07, 6.45) is 3.41. The number of aromatic nitrogens is 3. The molecule has 0 saturated carbocycles. The van der Waals surface area contributed by atoms with E-state index in [1.165, 1.54) is 22.5 Å². The van der Waals surface area contributed by atoms with Gasteiger partial charge >= 0.3 is 0 Å². The van der Waals surface area contributed by atoms with Gasteiger partial charge in [-0.15, -0.1) is 0 Å². The van der Waals surface area contributed by atoms with E-state index in [0.29, 0.717) is 24.5 Å².